The largest absolute Gasteiger partial charge is 0.416 e. The Balaban J connectivity index is 2.41. The molecule has 2 N–H and O–H groups in total. The van der Waals surface area contributed by atoms with E-state index in [0.717, 1.165) is 18.2 Å². The van der Waals surface area contributed by atoms with Gasteiger partial charge in [0.05, 0.1) is 10.5 Å². The Hall–Kier alpha value is -2.55. The summed E-state index contributed by atoms with van der Waals surface area (Å²) < 4.78 is 65.9. The summed E-state index contributed by atoms with van der Waals surface area (Å²) in [5.41, 5.74) is 0.00341. The first kappa shape index (κ1) is 19.8. The van der Waals surface area contributed by atoms with Crippen molar-refractivity contribution in [1.29, 1.82) is 0 Å². The first-order chi connectivity index (χ1) is 11.9. The van der Waals surface area contributed by atoms with Gasteiger partial charge in [-0.1, -0.05) is 6.07 Å². The van der Waals surface area contributed by atoms with Crippen molar-refractivity contribution in [3.63, 3.8) is 0 Å². The van der Waals surface area contributed by atoms with Gasteiger partial charge >= 0.3 is 6.18 Å². The molecule has 0 saturated carbocycles. The van der Waals surface area contributed by atoms with Crippen LogP contribution in [0.2, 0.25) is 0 Å². The third-order valence-corrected chi connectivity index (χ3v) is 5.18. The van der Waals surface area contributed by atoms with Gasteiger partial charge in [-0.05, 0) is 55.3 Å². The van der Waals surface area contributed by atoms with Gasteiger partial charge in [-0.25, -0.2) is 8.42 Å². The number of aryl methyl sites for hydroxylation is 2. The van der Waals surface area contributed by atoms with E-state index in [1.54, 1.807) is 13.8 Å². The molecule has 26 heavy (non-hydrogen) atoms. The van der Waals surface area contributed by atoms with E-state index in [1.807, 2.05) is 0 Å². The van der Waals surface area contributed by atoms with E-state index >= 15 is 0 Å². The van der Waals surface area contributed by atoms with E-state index in [0.29, 0.717) is 16.8 Å². The lowest BCUT2D eigenvalue weighted by atomic mass is 10.1. The molecule has 0 fully saturated rings. The molecule has 0 aliphatic heterocycles. The van der Waals surface area contributed by atoms with E-state index in [2.05, 4.69) is 10.0 Å². The van der Waals surface area contributed by atoms with Crippen LogP contribution in [0.25, 0.3) is 0 Å². The Morgan fingerprint density at radius 1 is 1.00 bits per heavy atom. The summed E-state index contributed by atoms with van der Waals surface area (Å²) >= 11 is 0. The minimum atomic E-state index is -4.58. The molecule has 0 spiro atoms. The lowest BCUT2D eigenvalue weighted by Gasteiger charge is -2.16. The molecule has 5 nitrogen and oxygen atoms in total. The van der Waals surface area contributed by atoms with Gasteiger partial charge < -0.3 is 5.32 Å². The Labute approximate surface area is 149 Å². The molecule has 0 bridgehead atoms. The summed E-state index contributed by atoms with van der Waals surface area (Å²) in [5.74, 6) is -0.304. The smallest absolute Gasteiger partial charge is 0.326 e. The van der Waals surface area contributed by atoms with Crippen LogP contribution in [0, 0.1) is 13.8 Å². The molecular weight excluding hydrogens is 369 g/mol. The minimum absolute atomic E-state index is 0.0518. The maximum Gasteiger partial charge on any atom is 0.416 e. The second kappa shape index (κ2) is 6.99. The average molecular weight is 386 g/mol. The van der Waals surface area contributed by atoms with Gasteiger partial charge in [0.2, 0.25) is 5.91 Å². The van der Waals surface area contributed by atoms with Crippen LogP contribution in [0.4, 0.5) is 24.5 Å². The quantitative estimate of drug-likeness (QED) is 0.831. The highest BCUT2D eigenvalue weighted by molar-refractivity contribution is 7.92. The molecule has 2 rings (SSSR count). The van der Waals surface area contributed by atoms with Gasteiger partial charge in [0, 0.05) is 18.3 Å². The van der Waals surface area contributed by atoms with Crippen LogP contribution < -0.4 is 10.0 Å². The zero-order chi connectivity index (χ0) is 19.7. The number of amides is 1. The number of anilines is 2. The van der Waals surface area contributed by atoms with E-state index in [1.165, 1.54) is 25.1 Å². The summed E-state index contributed by atoms with van der Waals surface area (Å²) in [6.45, 7) is 4.41. The van der Waals surface area contributed by atoms with Crippen molar-refractivity contribution in [2.75, 3.05) is 10.0 Å². The van der Waals surface area contributed by atoms with Crippen molar-refractivity contribution in [3.8, 4) is 0 Å². The lowest BCUT2D eigenvalue weighted by molar-refractivity contribution is -0.137. The third kappa shape index (κ3) is 4.54. The number of rotatable bonds is 4. The van der Waals surface area contributed by atoms with Crippen LogP contribution in [0.1, 0.15) is 23.6 Å². The van der Waals surface area contributed by atoms with Crippen LogP contribution in [0.5, 0.6) is 0 Å². The summed E-state index contributed by atoms with van der Waals surface area (Å²) in [6, 6.07) is 6.91. The number of carbonyl (C=O) groups excluding carboxylic acids is 1. The number of alkyl halides is 3. The van der Waals surface area contributed by atoms with E-state index in [9.17, 15) is 26.4 Å². The second-order valence-electron chi connectivity index (χ2n) is 5.80. The summed E-state index contributed by atoms with van der Waals surface area (Å²) in [5, 5.41) is 2.56. The molecule has 2 aromatic rings. The highest BCUT2D eigenvalue weighted by Crippen LogP contribution is 2.32. The first-order valence-corrected chi connectivity index (χ1v) is 8.97. The molecule has 0 aromatic heterocycles. The standard InChI is InChI=1S/C17H17F3N2O3S/c1-10-7-15(21-12(3)23)8-11(2)16(10)26(24,25)22-14-6-4-5-13(9-14)17(18,19)20/h4-9,22H,1-3H3,(H,21,23). The van der Waals surface area contributed by atoms with Crippen LogP contribution in [0.15, 0.2) is 41.3 Å². The number of nitrogens with one attached hydrogen (secondary N) is 2. The fourth-order valence-electron chi connectivity index (χ4n) is 2.61. The zero-order valence-electron chi connectivity index (χ0n) is 14.2. The van der Waals surface area contributed by atoms with Gasteiger partial charge in [-0.2, -0.15) is 13.2 Å². The Kier molecular flexibility index (Phi) is 5.31. The second-order valence-corrected chi connectivity index (χ2v) is 7.42. The molecule has 0 radical (unpaired) electrons. The predicted octanol–water partition coefficient (Wildman–Crippen LogP) is 4.08. The molecule has 0 aliphatic carbocycles. The Bertz CT molecular complexity index is 931. The number of carbonyl (C=O) groups is 1. The molecule has 140 valence electrons. The highest BCUT2D eigenvalue weighted by atomic mass is 32.2. The predicted molar refractivity (Wildman–Crippen MR) is 92.5 cm³/mol. The monoisotopic (exact) mass is 386 g/mol. The maximum atomic E-state index is 12.8. The van der Waals surface area contributed by atoms with Gasteiger partial charge in [0.1, 0.15) is 0 Å². The number of benzene rings is 2. The molecule has 9 heteroatoms. The SMILES string of the molecule is CC(=O)Nc1cc(C)c(S(=O)(=O)Nc2cccc(C(F)(F)F)c2)c(C)c1. The van der Waals surface area contributed by atoms with E-state index in [4.69, 9.17) is 0 Å². The van der Waals surface area contributed by atoms with Gasteiger partial charge in [-0.15, -0.1) is 0 Å². The molecule has 0 saturated heterocycles. The molecule has 0 aliphatic rings. The first-order valence-electron chi connectivity index (χ1n) is 7.49. The van der Waals surface area contributed by atoms with Crippen molar-refractivity contribution < 1.29 is 26.4 Å². The Morgan fingerprint density at radius 3 is 2.08 bits per heavy atom. The normalized spacial score (nSPS) is 11.9. The van der Waals surface area contributed by atoms with Crippen molar-refractivity contribution >= 4 is 27.3 Å². The Morgan fingerprint density at radius 2 is 1.58 bits per heavy atom. The number of sulfonamides is 1. The fourth-order valence-corrected chi connectivity index (χ4v) is 4.12. The molecular formula is C17H17F3N2O3S. The van der Waals surface area contributed by atoms with Crippen molar-refractivity contribution in [1.82, 2.24) is 0 Å². The molecule has 0 heterocycles. The number of hydrogen-bond acceptors (Lipinski definition) is 3. The van der Waals surface area contributed by atoms with Crippen LogP contribution in [-0.4, -0.2) is 14.3 Å². The van der Waals surface area contributed by atoms with E-state index < -0.39 is 21.8 Å². The zero-order valence-corrected chi connectivity index (χ0v) is 15.0. The van der Waals surface area contributed by atoms with Crippen molar-refractivity contribution in [3.05, 3.63) is 53.1 Å². The van der Waals surface area contributed by atoms with Gasteiger partial charge in [0.25, 0.3) is 10.0 Å². The molecule has 0 atom stereocenters. The van der Waals surface area contributed by atoms with Crippen LogP contribution >= 0.6 is 0 Å². The highest BCUT2D eigenvalue weighted by Gasteiger charge is 2.31. The maximum absolute atomic E-state index is 12.8. The number of hydrogen-bond donors (Lipinski definition) is 2. The van der Waals surface area contributed by atoms with Crippen LogP contribution in [0.3, 0.4) is 0 Å². The average Bonchev–Trinajstić information content (AvgIpc) is 2.44. The lowest BCUT2D eigenvalue weighted by Crippen LogP contribution is -2.17. The fraction of sp³-hybridized carbons (Fsp3) is 0.235. The minimum Gasteiger partial charge on any atom is -0.326 e. The van der Waals surface area contributed by atoms with Crippen LogP contribution in [-0.2, 0) is 21.0 Å². The van der Waals surface area contributed by atoms with E-state index in [-0.39, 0.29) is 16.5 Å². The summed E-state index contributed by atoms with van der Waals surface area (Å²) in [4.78, 5) is 11.1. The third-order valence-electron chi connectivity index (χ3n) is 3.49. The molecule has 1 amide bonds. The van der Waals surface area contributed by atoms with Gasteiger partial charge in [0.15, 0.2) is 0 Å². The number of halogens is 3. The summed E-state index contributed by atoms with van der Waals surface area (Å²) in [6.07, 6.45) is -4.58. The van der Waals surface area contributed by atoms with Gasteiger partial charge in [-0.3, -0.25) is 9.52 Å². The summed E-state index contributed by atoms with van der Waals surface area (Å²) in [7, 11) is -4.11. The molecule has 2 aromatic carbocycles. The topological polar surface area (TPSA) is 75.3 Å². The molecule has 0 unspecified atom stereocenters. The van der Waals surface area contributed by atoms with Crippen molar-refractivity contribution in [2.45, 2.75) is 31.8 Å². The van der Waals surface area contributed by atoms with Crippen molar-refractivity contribution in [2.24, 2.45) is 0 Å².